The quantitative estimate of drug-likeness (QED) is 0.853. The molecule has 4 nitrogen and oxygen atoms in total. The Morgan fingerprint density at radius 2 is 1.80 bits per heavy atom. The molecule has 2 aromatic rings. The maximum absolute atomic E-state index is 13.1. The van der Waals surface area contributed by atoms with E-state index in [1.807, 2.05) is 38.1 Å². The Morgan fingerprint density at radius 3 is 2.40 bits per heavy atom. The zero-order chi connectivity index (χ0) is 17.4. The molecule has 2 atom stereocenters. The second-order valence-electron chi connectivity index (χ2n) is 7.37. The molecule has 0 radical (unpaired) electrons. The molecule has 4 rings (SSSR count). The highest BCUT2D eigenvalue weighted by molar-refractivity contribution is 5.95. The molecule has 1 aromatic heterocycles. The van der Waals surface area contributed by atoms with Gasteiger partial charge in [-0.15, -0.1) is 0 Å². The van der Waals surface area contributed by atoms with E-state index in [9.17, 15) is 4.79 Å². The van der Waals surface area contributed by atoms with Gasteiger partial charge >= 0.3 is 0 Å². The molecule has 1 aromatic carbocycles. The van der Waals surface area contributed by atoms with Crippen LogP contribution in [0.25, 0.3) is 0 Å². The Bertz CT molecular complexity index is 740. The van der Waals surface area contributed by atoms with Gasteiger partial charge in [-0.3, -0.25) is 9.78 Å². The van der Waals surface area contributed by atoms with Gasteiger partial charge in [-0.25, -0.2) is 0 Å². The van der Waals surface area contributed by atoms with Crippen LogP contribution >= 0.6 is 0 Å². The molecule has 0 aliphatic carbocycles. The first-order valence-corrected chi connectivity index (χ1v) is 9.08. The molecular weight excluding hydrogens is 312 g/mol. The topological polar surface area (TPSA) is 42.4 Å². The molecule has 25 heavy (non-hydrogen) atoms. The normalized spacial score (nSPS) is 25.0. The second-order valence-corrected chi connectivity index (χ2v) is 7.37. The molecular formula is C21H24N2O2. The van der Waals surface area contributed by atoms with Gasteiger partial charge in [-0.2, -0.15) is 0 Å². The Balaban J connectivity index is 1.49. The number of piperidine rings is 1. The van der Waals surface area contributed by atoms with Crippen LogP contribution < -0.4 is 4.74 Å². The minimum Gasteiger partial charge on any atom is -0.489 e. The highest BCUT2D eigenvalue weighted by Crippen LogP contribution is 2.38. The van der Waals surface area contributed by atoms with Crippen molar-refractivity contribution in [2.45, 2.75) is 57.7 Å². The molecule has 0 saturated carbocycles. The molecule has 2 unspecified atom stereocenters. The summed E-state index contributed by atoms with van der Waals surface area (Å²) in [5.74, 6) is 1.00. The molecule has 4 heteroatoms. The van der Waals surface area contributed by atoms with Crippen molar-refractivity contribution in [3.63, 3.8) is 0 Å². The number of carbonyl (C=O) groups excluding carboxylic acids is 1. The number of hydrogen-bond acceptors (Lipinski definition) is 3. The molecule has 2 bridgehead atoms. The Kier molecular flexibility index (Phi) is 4.20. The number of aromatic nitrogens is 1. The van der Waals surface area contributed by atoms with Crippen molar-refractivity contribution in [1.82, 2.24) is 9.88 Å². The van der Waals surface area contributed by atoms with E-state index in [2.05, 4.69) is 16.0 Å². The summed E-state index contributed by atoms with van der Waals surface area (Å²) in [6.45, 7) is 4.10. The first-order chi connectivity index (χ1) is 12.1. The SMILES string of the molecule is Cc1cc(C)cc(C(=O)N2C3CCC2CC(Oc2cccnc2)C3)c1. The lowest BCUT2D eigenvalue weighted by molar-refractivity contribution is 0.0358. The maximum Gasteiger partial charge on any atom is 0.254 e. The summed E-state index contributed by atoms with van der Waals surface area (Å²) in [6, 6.07) is 10.5. The molecule has 2 saturated heterocycles. The fraction of sp³-hybridized carbons (Fsp3) is 0.429. The summed E-state index contributed by atoms with van der Waals surface area (Å²) < 4.78 is 6.11. The molecule has 3 heterocycles. The van der Waals surface area contributed by atoms with Crippen molar-refractivity contribution in [2.75, 3.05) is 0 Å². The predicted octanol–water partition coefficient (Wildman–Crippen LogP) is 3.91. The predicted molar refractivity (Wildman–Crippen MR) is 96.8 cm³/mol. The van der Waals surface area contributed by atoms with Crippen molar-refractivity contribution in [3.8, 4) is 5.75 Å². The van der Waals surface area contributed by atoms with Gasteiger partial charge in [-0.1, -0.05) is 17.2 Å². The minimum atomic E-state index is 0.171. The van der Waals surface area contributed by atoms with Crippen LogP contribution in [0.4, 0.5) is 0 Å². The average Bonchev–Trinajstić information content (AvgIpc) is 2.85. The maximum atomic E-state index is 13.1. The standard InChI is InChI=1S/C21H24N2O2/c1-14-8-15(2)10-16(9-14)21(24)23-17-5-6-18(23)12-20(11-17)25-19-4-3-7-22-13-19/h3-4,7-10,13,17-18,20H,5-6,11-12H2,1-2H3. The summed E-state index contributed by atoms with van der Waals surface area (Å²) in [5, 5.41) is 0. The number of carbonyl (C=O) groups is 1. The largest absolute Gasteiger partial charge is 0.489 e. The molecule has 1 amide bonds. The van der Waals surface area contributed by atoms with Crippen molar-refractivity contribution >= 4 is 5.91 Å². The highest BCUT2D eigenvalue weighted by atomic mass is 16.5. The zero-order valence-electron chi connectivity index (χ0n) is 14.8. The summed E-state index contributed by atoms with van der Waals surface area (Å²) in [4.78, 5) is 19.3. The van der Waals surface area contributed by atoms with E-state index >= 15 is 0 Å². The van der Waals surface area contributed by atoms with Crippen molar-refractivity contribution in [1.29, 1.82) is 0 Å². The van der Waals surface area contributed by atoms with Gasteiger partial charge < -0.3 is 9.64 Å². The zero-order valence-corrected chi connectivity index (χ0v) is 14.8. The molecule has 130 valence electrons. The van der Waals surface area contributed by atoms with Gasteiger partial charge in [-0.05, 0) is 51.0 Å². The minimum absolute atomic E-state index is 0.171. The fourth-order valence-electron chi connectivity index (χ4n) is 4.41. The lowest BCUT2D eigenvalue weighted by Gasteiger charge is -2.39. The number of benzene rings is 1. The Labute approximate surface area is 148 Å². The lowest BCUT2D eigenvalue weighted by Crippen LogP contribution is -2.49. The van der Waals surface area contributed by atoms with Crippen molar-refractivity contribution < 1.29 is 9.53 Å². The van der Waals surface area contributed by atoms with Gasteiger partial charge in [0, 0.05) is 36.7 Å². The number of pyridine rings is 1. The summed E-state index contributed by atoms with van der Waals surface area (Å²) in [6.07, 6.45) is 7.65. The van der Waals surface area contributed by atoms with Crippen LogP contribution in [0.2, 0.25) is 0 Å². The van der Waals surface area contributed by atoms with Gasteiger partial charge in [0.1, 0.15) is 11.9 Å². The number of amides is 1. The van der Waals surface area contributed by atoms with E-state index < -0.39 is 0 Å². The van der Waals surface area contributed by atoms with Crippen LogP contribution in [-0.4, -0.2) is 34.0 Å². The third kappa shape index (κ3) is 3.26. The number of hydrogen-bond donors (Lipinski definition) is 0. The first kappa shape index (κ1) is 16.1. The summed E-state index contributed by atoms with van der Waals surface area (Å²) >= 11 is 0. The fourth-order valence-corrected chi connectivity index (χ4v) is 4.41. The van der Waals surface area contributed by atoms with E-state index in [0.29, 0.717) is 0 Å². The van der Waals surface area contributed by atoms with Crippen LogP contribution in [-0.2, 0) is 0 Å². The second kappa shape index (κ2) is 6.51. The lowest BCUT2D eigenvalue weighted by atomic mass is 9.97. The average molecular weight is 336 g/mol. The van der Waals surface area contributed by atoms with Gasteiger partial charge in [0.25, 0.3) is 5.91 Å². The van der Waals surface area contributed by atoms with Crippen molar-refractivity contribution in [2.24, 2.45) is 0 Å². The van der Waals surface area contributed by atoms with Crippen LogP contribution in [0.1, 0.15) is 47.2 Å². The number of aryl methyl sites for hydroxylation is 2. The monoisotopic (exact) mass is 336 g/mol. The van der Waals surface area contributed by atoms with E-state index in [0.717, 1.165) is 48.1 Å². The van der Waals surface area contributed by atoms with E-state index in [4.69, 9.17) is 4.74 Å². The number of nitrogens with zero attached hydrogens (tertiary/aromatic N) is 2. The van der Waals surface area contributed by atoms with Gasteiger partial charge in [0.15, 0.2) is 0 Å². The van der Waals surface area contributed by atoms with Crippen LogP contribution in [0.3, 0.4) is 0 Å². The molecule has 0 spiro atoms. The first-order valence-electron chi connectivity index (χ1n) is 9.08. The Morgan fingerprint density at radius 1 is 1.12 bits per heavy atom. The third-order valence-electron chi connectivity index (χ3n) is 5.33. The molecule has 0 N–H and O–H groups in total. The van der Waals surface area contributed by atoms with Crippen molar-refractivity contribution in [3.05, 3.63) is 59.4 Å². The number of ether oxygens (including phenoxy) is 1. The molecule has 2 aliphatic rings. The smallest absolute Gasteiger partial charge is 0.254 e. The molecule has 2 fully saturated rings. The summed E-state index contributed by atoms with van der Waals surface area (Å²) in [5.41, 5.74) is 3.11. The number of fused-ring (bicyclic) bond motifs is 2. The van der Waals surface area contributed by atoms with Crippen LogP contribution in [0.5, 0.6) is 5.75 Å². The summed E-state index contributed by atoms with van der Waals surface area (Å²) in [7, 11) is 0. The van der Waals surface area contributed by atoms with Gasteiger partial charge in [0.05, 0.1) is 6.20 Å². The van der Waals surface area contributed by atoms with Crippen LogP contribution in [0.15, 0.2) is 42.7 Å². The van der Waals surface area contributed by atoms with E-state index in [-0.39, 0.29) is 24.1 Å². The van der Waals surface area contributed by atoms with Gasteiger partial charge in [0.2, 0.25) is 0 Å². The highest BCUT2D eigenvalue weighted by Gasteiger charge is 2.44. The third-order valence-corrected chi connectivity index (χ3v) is 5.33. The number of rotatable bonds is 3. The van der Waals surface area contributed by atoms with Crippen LogP contribution in [0, 0.1) is 13.8 Å². The van der Waals surface area contributed by atoms with E-state index in [1.165, 1.54) is 0 Å². The van der Waals surface area contributed by atoms with E-state index in [1.54, 1.807) is 12.4 Å². The Hall–Kier alpha value is -2.36. The molecule has 2 aliphatic heterocycles.